The maximum absolute atomic E-state index is 11.2. The molecule has 0 atom stereocenters. The summed E-state index contributed by atoms with van der Waals surface area (Å²) in [5.74, 6) is 0. The summed E-state index contributed by atoms with van der Waals surface area (Å²) in [6, 6.07) is 6.24. The lowest BCUT2D eigenvalue weighted by atomic mass is 10.0. The average molecular weight is 256 g/mol. The van der Waals surface area contributed by atoms with Crippen LogP contribution in [0.1, 0.15) is 41.3 Å². The Morgan fingerprint density at radius 1 is 1.32 bits per heavy atom. The van der Waals surface area contributed by atoms with Crippen LogP contribution < -0.4 is 0 Å². The molecule has 1 aromatic carbocycles. The van der Waals surface area contributed by atoms with Crippen LogP contribution in [0.2, 0.25) is 0 Å². The van der Waals surface area contributed by atoms with E-state index in [1.165, 1.54) is 5.56 Å². The summed E-state index contributed by atoms with van der Waals surface area (Å²) in [5.41, 5.74) is 4.85. The Labute approximate surface area is 114 Å². The maximum Gasteiger partial charge on any atom is 0.153 e. The monoisotopic (exact) mass is 256 g/mol. The molecule has 2 rings (SSSR count). The molecule has 0 aliphatic carbocycles. The van der Waals surface area contributed by atoms with Gasteiger partial charge in [0.05, 0.1) is 5.56 Å². The highest BCUT2D eigenvalue weighted by atomic mass is 16.1. The van der Waals surface area contributed by atoms with Gasteiger partial charge in [-0.05, 0) is 31.9 Å². The van der Waals surface area contributed by atoms with Crippen LogP contribution in [0.15, 0.2) is 24.4 Å². The first-order chi connectivity index (χ1) is 9.15. The highest BCUT2D eigenvalue weighted by Crippen LogP contribution is 2.25. The number of unbranched alkanes of at least 4 members (excludes halogenated alkanes) is 1. The van der Waals surface area contributed by atoms with Crippen molar-refractivity contribution < 1.29 is 4.79 Å². The molecule has 0 unspecified atom stereocenters. The van der Waals surface area contributed by atoms with Crippen molar-refractivity contribution in [1.82, 2.24) is 9.78 Å². The topological polar surface area (TPSA) is 34.9 Å². The van der Waals surface area contributed by atoms with Gasteiger partial charge in [-0.15, -0.1) is 0 Å². The zero-order valence-electron chi connectivity index (χ0n) is 11.8. The van der Waals surface area contributed by atoms with Gasteiger partial charge in [-0.3, -0.25) is 9.48 Å². The van der Waals surface area contributed by atoms with Crippen molar-refractivity contribution in [2.24, 2.45) is 0 Å². The lowest BCUT2D eigenvalue weighted by Crippen LogP contribution is -1.98. The summed E-state index contributed by atoms with van der Waals surface area (Å²) in [7, 11) is 0. The third-order valence-electron chi connectivity index (χ3n) is 3.31. The van der Waals surface area contributed by atoms with E-state index in [0.717, 1.165) is 42.5 Å². The zero-order valence-corrected chi connectivity index (χ0v) is 11.8. The van der Waals surface area contributed by atoms with E-state index in [4.69, 9.17) is 0 Å². The van der Waals surface area contributed by atoms with Crippen LogP contribution in [0.3, 0.4) is 0 Å². The number of aldehydes is 1. The van der Waals surface area contributed by atoms with Crippen LogP contribution in [0.4, 0.5) is 0 Å². The second-order valence-corrected chi connectivity index (χ2v) is 4.99. The number of hydrogen-bond acceptors (Lipinski definition) is 2. The van der Waals surface area contributed by atoms with E-state index in [9.17, 15) is 4.79 Å². The second kappa shape index (κ2) is 5.83. The largest absolute Gasteiger partial charge is 0.298 e. The van der Waals surface area contributed by atoms with Crippen LogP contribution in [0.25, 0.3) is 11.3 Å². The van der Waals surface area contributed by atoms with E-state index >= 15 is 0 Å². The first-order valence-corrected chi connectivity index (χ1v) is 6.76. The molecule has 0 aliphatic rings. The molecule has 1 aromatic heterocycles. The fraction of sp³-hybridized carbons (Fsp3) is 0.375. The third-order valence-corrected chi connectivity index (χ3v) is 3.31. The van der Waals surface area contributed by atoms with Crippen LogP contribution >= 0.6 is 0 Å². The summed E-state index contributed by atoms with van der Waals surface area (Å²) in [6.07, 6.45) is 4.94. The van der Waals surface area contributed by atoms with Crippen molar-refractivity contribution >= 4 is 6.29 Å². The number of aryl methyl sites for hydroxylation is 3. The molecule has 0 spiro atoms. The number of aromatic nitrogens is 2. The Morgan fingerprint density at radius 2 is 2.11 bits per heavy atom. The molecule has 0 bridgehead atoms. The van der Waals surface area contributed by atoms with Crippen molar-refractivity contribution in [2.75, 3.05) is 0 Å². The fourth-order valence-corrected chi connectivity index (χ4v) is 2.16. The molecule has 1 heterocycles. The minimum absolute atomic E-state index is 0.671. The van der Waals surface area contributed by atoms with Gasteiger partial charge >= 0.3 is 0 Å². The first-order valence-electron chi connectivity index (χ1n) is 6.76. The number of rotatable bonds is 5. The molecule has 2 aromatic rings. The molecule has 100 valence electrons. The summed E-state index contributed by atoms with van der Waals surface area (Å²) >= 11 is 0. The lowest BCUT2D eigenvalue weighted by Gasteiger charge is -2.05. The summed E-state index contributed by atoms with van der Waals surface area (Å²) in [4.78, 5) is 11.2. The second-order valence-electron chi connectivity index (χ2n) is 4.99. The number of carbonyl (C=O) groups excluding carboxylic acids is 1. The minimum Gasteiger partial charge on any atom is -0.298 e. The molecule has 0 amide bonds. The van der Waals surface area contributed by atoms with Gasteiger partial charge in [0.2, 0.25) is 0 Å². The van der Waals surface area contributed by atoms with E-state index in [1.807, 2.05) is 10.9 Å². The predicted molar refractivity (Wildman–Crippen MR) is 77.4 cm³/mol. The van der Waals surface area contributed by atoms with Gasteiger partial charge in [0.25, 0.3) is 0 Å². The highest BCUT2D eigenvalue weighted by Gasteiger charge is 2.12. The number of hydrogen-bond donors (Lipinski definition) is 0. The molecule has 0 fully saturated rings. The molecule has 0 N–H and O–H groups in total. The van der Waals surface area contributed by atoms with E-state index in [1.54, 1.807) is 0 Å². The van der Waals surface area contributed by atoms with Crippen LogP contribution in [-0.2, 0) is 6.54 Å². The van der Waals surface area contributed by atoms with Gasteiger partial charge in [-0.2, -0.15) is 5.10 Å². The van der Waals surface area contributed by atoms with E-state index in [-0.39, 0.29) is 0 Å². The van der Waals surface area contributed by atoms with E-state index in [2.05, 4.69) is 44.1 Å². The SMILES string of the molecule is CCCCn1cc(C=O)c(-c2cc(C)ccc2C)n1. The van der Waals surface area contributed by atoms with Crippen molar-refractivity contribution in [3.8, 4) is 11.3 Å². The van der Waals surface area contributed by atoms with Crippen molar-refractivity contribution in [1.29, 1.82) is 0 Å². The molecular formula is C16H20N2O. The number of carbonyl (C=O) groups is 1. The normalized spacial score (nSPS) is 10.7. The number of benzene rings is 1. The van der Waals surface area contributed by atoms with E-state index < -0.39 is 0 Å². The summed E-state index contributed by atoms with van der Waals surface area (Å²) in [5, 5.41) is 4.58. The fourth-order valence-electron chi connectivity index (χ4n) is 2.16. The molecule has 0 saturated carbocycles. The minimum atomic E-state index is 0.671. The quantitative estimate of drug-likeness (QED) is 0.763. The first kappa shape index (κ1) is 13.5. The smallest absolute Gasteiger partial charge is 0.153 e. The van der Waals surface area contributed by atoms with Gasteiger partial charge < -0.3 is 0 Å². The van der Waals surface area contributed by atoms with E-state index in [0.29, 0.717) is 5.56 Å². The van der Waals surface area contributed by atoms with Crippen molar-refractivity contribution in [3.05, 3.63) is 41.1 Å². The Balaban J connectivity index is 2.45. The van der Waals surface area contributed by atoms with Crippen molar-refractivity contribution in [3.63, 3.8) is 0 Å². The standard InChI is InChI=1S/C16H20N2O/c1-4-5-8-18-10-14(11-19)16(17-18)15-9-12(2)6-7-13(15)3/h6-7,9-11H,4-5,8H2,1-3H3. The Morgan fingerprint density at radius 3 is 2.79 bits per heavy atom. The van der Waals surface area contributed by atoms with Gasteiger partial charge in [0.15, 0.2) is 6.29 Å². The Hall–Kier alpha value is -1.90. The third kappa shape index (κ3) is 2.92. The van der Waals surface area contributed by atoms with Crippen LogP contribution in [0.5, 0.6) is 0 Å². The molecule has 3 nitrogen and oxygen atoms in total. The van der Waals surface area contributed by atoms with Gasteiger partial charge in [0, 0.05) is 18.3 Å². The molecule has 0 aliphatic heterocycles. The molecule has 3 heteroatoms. The lowest BCUT2D eigenvalue weighted by molar-refractivity contribution is 0.112. The van der Waals surface area contributed by atoms with Gasteiger partial charge in [-0.1, -0.05) is 31.0 Å². The van der Waals surface area contributed by atoms with Crippen LogP contribution in [0, 0.1) is 13.8 Å². The summed E-state index contributed by atoms with van der Waals surface area (Å²) < 4.78 is 1.88. The summed E-state index contributed by atoms with van der Waals surface area (Å²) in [6.45, 7) is 7.12. The average Bonchev–Trinajstić information content (AvgIpc) is 2.82. The highest BCUT2D eigenvalue weighted by molar-refractivity contribution is 5.86. The Kier molecular flexibility index (Phi) is 4.15. The van der Waals surface area contributed by atoms with Gasteiger partial charge in [0.1, 0.15) is 5.69 Å². The molecule has 19 heavy (non-hydrogen) atoms. The predicted octanol–water partition coefficient (Wildman–Crippen LogP) is 3.78. The molecule has 0 radical (unpaired) electrons. The van der Waals surface area contributed by atoms with Crippen LogP contribution in [-0.4, -0.2) is 16.1 Å². The molecule has 0 saturated heterocycles. The van der Waals surface area contributed by atoms with Gasteiger partial charge in [-0.25, -0.2) is 0 Å². The Bertz CT molecular complexity index is 584. The zero-order chi connectivity index (χ0) is 13.8. The number of nitrogens with zero attached hydrogens (tertiary/aromatic N) is 2. The van der Waals surface area contributed by atoms with Crippen molar-refractivity contribution in [2.45, 2.75) is 40.2 Å². The molecular weight excluding hydrogens is 236 g/mol. The maximum atomic E-state index is 11.2.